The highest BCUT2D eigenvalue weighted by Gasteiger charge is 2.22. The van der Waals surface area contributed by atoms with E-state index in [0.717, 1.165) is 12.8 Å². The van der Waals surface area contributed by atoms with Crippen LogP contribution in [0.25, 0.3) is 0 Å². The molecule has 2 amide bonds. The summed E-state index contributed by atoms with van der Waals surface area (Å²) in [6, 6.07) is 6.89. The van der Waals surface area contributed by atoms with E-state index in [1.807, 2.05) is 0 Å². The summed E-state index contributed by atoms with van der Waals surface area (Å²) in [4.78, 5) is 25.0. The Kier molecular flexibility index (Phi) is 4.40. The molecule has 0 unspecified atom stereocenters. The number of hydrogen-bond donors (Lipinski definition) is 1. The molecule has 0 aliphatic carbocycles. The molecule has 1 saturated heterocycles. The lowest BCUT2D eigenvalue weighted by atomic mass is 10.0. The van der Waals surface area contributed by atoms with Crippen LogP contribution in [0.4, 0.5) is 0 Å². The first kappa shape index (κ1) is 14.1. The van der Waals surface area contributed by atoms with Crippen molar-refractivity contribution in [3.05, 3.63) is 42.0 Å². The third-order valence-corrected chi connectivity index (χ3v) is 3.25. The molecule has 0 spiro atoms. The first-order chi connectivity index (χ1) is 9.58. The van der Waals surface area contributed by atoms with Gasteiger partial charge in [0.2, 0.25) is 0 Å². The number of amides is 2. The minimum atomic E-state index is -0.568. The lowest BCUT2D eigenvalue weighted by molar-refractivity contribution is -0.119. The second-order valence-corrected chi connectivity index (χ2v) is 4.79. The minimum Gasteiger partial charge on any atom is -0.483 e. The molecule has 2 rings (SSSR count). The molecule has 1 fully saturated rings. The van der Waals surface area contributed by atoms with Crippen LogP contribution in [-0.2, 0) is 4.79 Å². The topological polar surface area (TPSA) is 72.6 Å². The van der Waals surface area contributed by atoms with E-state index in [9.17, 15) is 9.59 Å². The lowest BCUT2D eigenvalue weighted by Crippen LogP contribution is -2.36. The van der Waals surface area contributed by atoms with Crippen LogP contribution < -0.4 is 10.5 Å². The monoisotopic (exact) mass is 274 g/mol. The summed E-state index contributed by atoms with van der Waals surface area (Å²) in [7, 11) is 0. The van der Waals surface area contributed by atoms with Crippen molar-refractivity contribution in [2.45, 2.75) is 12.8 Å². The van der Waals surface area contributed by atoms with Crippen molar-refractivity contribution in [1.82, 2.24) is 4.90 Å². The number of para-hydroxylation sites is 1. The molecule has 0 atom stereocenters. The summed E-state index contributed by atoms with van der Waals surface area (Å²) in [5, 5.41) is 0. The Morgan fingerprint density at radius 3 is 2.55 bits per heavy atom. The van der Waals surface area contributed by atoms with E-state index in [1.165, 1.54) is 5.57 Å². The first-order valence-corrected chi connectivity index (χ1v) is 6.54. The summed E-state index contributed by atoms with van der Waals surface area (Å²) >= 11 is 0. The van der Waals surface area contributed by atoms with Crippen LogP contribution in [0.1, 0.15) is 23.2 Å². The van der Waals surface area contributed by atoms with Crippen LogP contribution in [0.15, 0.2) is 36.4 Å². The third kappa shape index (κ3) is 3.38. The molecule has 0 saturated carbocycles. The van der Waals surface area contributed by atoms with Gasteiger partial charge >= 0.3 is 0 Å². The maximum absolute atomic E-state index is 12.5. The maximum atomic E-state index is 12.5. The highest BCUT2D eigenvalue weighted by Crippen LogP contribution is 2.22. The van der Waals surface area contributed by atoms with Gasteiger partial charge in [-0.05, 0) is 25.0 Å². The number of benzene rings is 1. The van der Waals surface area contributed by atoms with E-state index >= 15 is 0 Å². The Bertz CT molecular complexity index is 530. The van der Waals surface area contributed by atoms with Crippen molar-refractivity contribution in [3.8, 4) is 5.75 Å². The summed E-state index contributed by atoms with van der Waals surface area (Å²) < 4.78 is 5.29. The quantitative estimate of drug-likeness (QED) is 0.842. The Morgan fingerprint density at radius 1 is 1.25 bits per heavy atom. The van der Waals surface area contributed by atoms with Gasteiger partial charge in [-0.3, -0.25) is 9.59 Å². The minimum absolute atomic E-state index is 0.0856. The molecule has 1 aromatic carbocycles. The van der Waals surface area contributed by atoms with Crippen LogP contribution >= 0.6 is 0 Å². The molecule has 1 heterocycles. The van der Waals surface area contributed by atoms with Gasteiger partial charge in [0.05, 0.1) is 5.56 Å². The van der Waals surface area contributed by atoms with Gasteiger partial charge in [-0.2, -0.15) is 0 Å². The SMILES string of the molecule is C=C1CCN(C(=O)c2ccccc2OCC(N)=O)CC1. The number of nitrogens with zero attached hydrogens (tertiary/aromatic N) is 1. The van der Waals surface area contributed by atoms with Crippen LogP contribution in [0.2, 0.25) is 0 Å². The summed E-state index contributed by atoms with van der Waals surface area (Å²) in [6.45, 7) is 5.03. The number of hydrogen-bond acceptors (Lipinski definition) is 3. The smallest absolute Gasteiger partial charge is 0.257 e. The van der Waals surface area contributed by atoms with E-state index < -0.39 is 5.91 Å². The molecule has 20 heavy (non-hydrogen) atoms. The van der Waals surface area contributed by atoms with Crippen LogP contribution in [0, 0.1) is 0 Å². The molecule has 1 aliphatic rings. The van der Waals surface area contributed by atoms with E-state index in [1.54, 1.807) is 29.2 Å². The molecule has 106 valence electrons. The van der Waals surface area contributed by atoms with Gasteiger partial charge in [-0.25, -0.2) is 0 Å². The van der Waals surface area contributed by atoms with E-state index in [2.05, 4.69) is 6.58 Å². The van der Waals surface area contributed by atoms with E-state index in [-0.39, 0.29) is 12.5 Å². The lowest BCUT2D eigenvalue weighted by Gasteiger charge is -2.28. The average molecular weight is 274 g/mol. The van der Waals surface area contributed by atoms with Gasteiger partial charge < -0.3 is 15.4 Å². The fourth-order valence-electron chi connectivity index (χ4n) is 2.11. The van der Waals surface area contributed by atoms with E-state index in [4.69, 9.17) is 10.5 Å². The van der Waals surface area contributed by atoms with Gasteiger partial charge in [-0.15, -0.1) is 0 Å². The molecular weight excluding hydrogens is 256 g/mol. The van der Waals surface area contributed by atoms with Gasteiger partial charge in [0.25, 0.3) is 11.8 Å². The van der Waals surface area contributed by atoms with Crippen LogP contribution in [0.5, 0.6) is 5.75 Å². The number of carbonyl (C=O) groups is 2. The van der Waals surface area contributed by atoms with Gasteiger partial charge in [-0.1, -0.05) is 24.3 Å². The number of nitrogens with two attached hydrogens (primary N) is 1. The number of carbonyl (C=O) groups excluding carboxylic acids is 2. The molecule has 5 nitrogen and oxygen atoms in total. The normalized spacial score (nSPS) is 15.0. The van der Waals surface area contributed by atoms with Gasteiger partial charge in [0.1, 0.15) is 5.75 Å². The number of rotatable bonds is 4. The summed E-state index contributed by atoms with van der Waals surface area (Å²) in [6.07, 6.45) is 1.66. The highest BCUT2D eigenvalue weighted by atomic mass is 16.5. The van der Waals surface area contributed by atoms with Crippen LogP contribution in [0.3, 0.4) is 0 Å². The van der Waals surface area contributed by atoms with Crippen molar-refractivity contribution >= 4 is 11.8 Å². The first-order valence-electron chi connectivity index (χ1n) is 6.54. The second-order valence-electron chi connectivity index (χ2n) is 4.79. The van der Waals surface area contributed by atoms with Gasteiger partial charge in [0.15, 0.2) is 6.61 Å². The van der Waals surface area contributed by atoms with Gasteiger partial charge in [0, 0.05) is 13.1 Å². The molecule has 1 aliphatic heterocycles. The fraction of sp³-hybridized carbons (Fsp3) is 0.333. The maximum Gasteiger partial charge on any atom is 0.257 e. The zero-order valence-electron chi connectivity index (χ0n) is 11.3. The molecule has 2 N–H and O–H groups in total. The zero-order chi connectivity index (χ0) is 14.5. The number of primary amides is 1. The predicted octanol–water partition coefficient (Wildman–Crippen LogP) is 1.34. The van der Waals surface area contributed by atoms with Crippen molar-refractivity contribution in [3.63, 3.8) is 0 Å². The predicted molar refractivity (Wildman–Crippen MR) is 75.4 cm³/mol. The number of piperidine rings is 1. The molecule has 1 aromatic rings. The Morgan fingerprint density at radius 2 is 1.90 bits per heavy atom. The third-order valence-electron chi connectivity index (χ3n) is 3.25. The molecule has 0 aromatic heterocycles. The van der Waals surface area contributed by atoms with Crippen molar-refractivity contribution in [2.24, 2.45) is 5.73 Å². The fourth-order valence-corrected chi connectivity index (χ4v) is 2.11. The van der Waals surface area contributed by atoms with E-state index in [0.29, 0.717) is 24.4 Å². The van der Waals surface area contributed by atoms with Crippen molar-refractivity contribution in [1.29, 1.82) is 0 Å². The Hall–Kier alpha value is -2.30. The summed E-state index contributed by atoms with van der Waals surface area (Å²) in [5.74, 6) is -0.264. The highest BCUT2D eigenvalue weighted by molar-refractivity contribution is 5.97. The number of likely N-dealkylation sites (tertiary alicyclic amines) is 1. The standard InChI is InChI=1S/C15H18N2O3/c1-11-6-8-17(9-7-11)15(19)12-4-2-3-5-13(12)20-10-14(16)18/h2-5H,1,6-10H2,(H2,16,18). The largest absolute Gasteiger partial charge is 0.483 e. The molecule has 0 radical (unpaired) electrons. The molecule has 5 heteroatoms. The van der Waals surface area contributed by atoms with Crippen molar-refractivity contribution < 1.29 is 14.3 Å². The van der Waals surface area contributed by atoms with Crippen molar-refractivity contribution in [2.75, 3.05) is 19.7 Å². The summed E-state index contributed by atoms with van der Waals surface area (Å²) in [5.41, 5.74) is 6.69. The Labute approximate surface area is 118 Å². The second kappa shape index (κ2) is 6.23. The number of ether oxygens (including phenoxy) is 1. The van der Waals surface area contributed by atoms with Crippen LogP contribution in [-0.4, -0.2) is 36.4 Å². The average Bonchev–Trinajstić information content (AvgIpc) is 2.45. The zero-order valence-corrected chi connectivity index (χ0v) is 11.3. The Balaban J connectivity index is 2.12. The molecular formula is C15H18N2O3. The molecule has 0 bridgehead atoms.